The fourth-order valence-electron chi connectivity index (χ4n) is 3.47. The van der Waals surface area contributed by atoms with Crippen molar-refractivity contribution in [1.29, 1.82) is 0 Å². The minimum absolute atomic E-state index is 0.0881. The van der Waals surface area contributed by atoms with Crippen LogP contribution >= 0.6 is 0 Å². The molecule has 3 N–H and O–H groups in total. The number of carbonyl (C=O) groups is 2. The minimum atomic E-state index is -4.20. The molecule has 3 rings (SSSR count). The quantitative estimate of drug-likeness (QED) is 0.400. The molecule has 0 spiro atoms. The van der Waals surface area contributed by atoms with E-state index in [0.717, 1.165) is 16.7 Å². The molecule has 0 aliphatic heterocycles. The lowest BCUT2D eigenvalue weighted by Crippen LogP contribution is -2.47. The van der Waals surface area contributed by atoms with Crippen molar-refractivity contribution in [2.75, 3.05) is 12.4 Å². The van der Waals surface area contributed by atoms with E-state index in [2.05, 4.69) is 15.4 Å². The molecule has 0 aromatic heterocycles. The van der Waals surface area contributed by atoms with Crippen molar-refractivity contribution in [2.45, 2.75) is 37.8 Å². The van der Waals surface area contributed by atoms with E-state index in [1.54, 1.807) is 0 Å². The van der Waals surface area contributed by atoms with Gasteiger partial charge in [-0.1, -0.05) is 60.2 Å². The van der Waals surface area contributed by atoms with Crippen LogP contribution in [0.2, 0.25) is 0 Å². The highest BCUT2D eigenvalue weighted by Crippen LogP contribution is 2.27. The maximum Gasteiger partial charge on any atom is 0.245 e. The number of amides is 2. The monoisotopic (exact) mass is 495 g/mol. The van der Waals surface area contributed by atoms with E-state index >= 15 is 0 Å². The normalized spacial score (nSPS) is 12.0. The van der Waals surface area contributed by atoms with Crippen molar-refractivity contribution >= 4 is 27.5 Å². The summed E-state index contributed by atoms with van der Waals surface area (Å²) >= 11 is 0. The molecule has 0 unspecified atom stereocenters. The summed E-state index contributed by atoms with van der Waals surface area (Å²) < 4.78 is 34.5. The SMILES string of the molecule is COc1ccc(NC(C)=O)cc1S(=O)(=O)N[C@@H](Cc1ccccc1)C(=O)NCc1ccc(C)cc1. The van der Waals surface area contributed by atoms with Crippen LogP contribution in [0.15, 0.2) is 77.7 Å². The summed E-state index contributed by atoms with van der Waals surface area (Å²) in [5, 5.41) is 5.39. The van der Waals surface area contributed by atoms with Crippen LogP contribution in [-0.2, 0) is 32.6 Å². The molecule has 0 saturated heterocycles. The molecule has 184 valence electrons. The second kappa shape index (κ2) is 11.6. The van der Waals surface area contributed by atoms with Crippen molar-refractivity contribution in [2.24, 2.45) is 0 Å². The second-order valence-corrected chi connectivity index (χ2v) is 9.80. The Morgan fingerprint density at radius 1 is 0.943 bits per heavy atom. The molecule has 0 saturated carbocycles. The third kappa shape index (κ3) is 7.40. The van der Waals surface area contributed by atoms with Crippen LogP contribution in [0.3, 0.4) is 0 Å². The van der Waals surface area contributed by atoms with Crippen molar-refractivity contribution in [3.8, 4) is 5.75 Å². The van der Waals surface area contributed by atoms with E-state index in [1.165, 1.54) is 32.2 Å². The minimum Gasteiger partial charge on any atom is -0.495 e. The lowest BCUT2D eigenvalue weighted by Gasteiger charge is -2.20. The van der Waals surface area contributed by atoms with Gasteiger partial charge in [-0.2, -0.15) is 4.72 Å². The predicted octanol–water partition coefficient (Wildman–Crippen LogP) is 3.17. The standard InChI is InChI=1S/C26H29N3O5S/c1-18-9-11-21(12-10-18)17-27-26(31)23(15-20-7-5-4-6-8-20)29-35(32,33)25-16-22(28-19(2)30)13-14-24(25)34-3/h4-14,16,23,29H,15,17H2,1-3H3,(H,27,31)(H,28,30)/t23-/m0/s1. The zero-order chi connectivity index (χ0) is 25.4. The van der Waals surface area contributed by atoms with E-state index < -0.39 is 22.0 Å². The molecule has 35 heavy (non-hydrogen) atoms. The van der Waals surface area contributed by atoms with E-state index in [4.69, 9.17) is 4.74 Å². The highest BCUT2D eigenvalue weighted by Gasteiger charge is 2.28. The molecule has 0 bridgehead atoms. The van der Waals surface area contributed by atoms with Gasteiger partial charge in [-0.25, -0.2) is 8.42 Å². The van der Waals surface area contributed by atoms with Gasteiger partial charge < -0.3 is 15.4 Å². The molecule has 0 radical (unpaired) electrons. The van der Waals surface area contributed by atoms with Gasteiger partial charge in [-0.15, -0.1) is 0 Å². The van der Waals surface area contributed by atoms with Gasteiger partial charge in [-0.05, 0) is 42.7 Å². The molecule has 3 aromatic rings. The highest BCUT2D eigenvalue weighted by atomic mass is 32.2. The first-order valence-corrected chi connectivity index (χ1v) is 12.5. The Morgan fingerprint density at radius 3 is 2.26 bits per heavy atom. The number of nitrogens with one attached hydrogen (secondary N) is 3. The smallest absolute Gasteiger partial charge is 0.245 e. The summed E-state index contributed by atoms with van der Waals surface area (Å²) in [4.78, 5) is 24.4. The summed E-state index contributed by atoms with van der Waals surface area (Å²) in [6, 6.07) is 20.1. The van der Waals surface area contributed by atoms with E-state index in [0.29, 0.717) is 5.69 Å². The third-order valence-corrected chi connectivity index (χ3v) is 6.75. The molecule has 9 heteroatoms. The predicted molar refractivity (Wildman–Crippen MR) is 135 cm³/mol. The van der Waals surface area contributed by atoms with Crippen molar-refractivity contribution < 1.29 is 22.7 Å². The Bertz CT molecular complexity index is 1280. The number of rotatable bonds is 10. The Labute approximate surface area is 205 Å². The van der Waals surface area contributed by atoms with Gasteiger partial charge >= 0.3 is 0 Å². The summed E-state index contributed by atoms with van der Waals surface area (Å²) in [5.74, 6) is -0.718. The lowest BCUT2D eigenvalue weighted by atomic mass is 10.1. The van der Waals surface area contributed by atoms with E-state index in [9.17, 15) is 18.0 Å². The van der Waals surface area contributed by atoms with Gasteiger partial charge in [0.15, 0.2) is 0 Å². The number of anilines is 1. The van der Waals surface area contributed by atoms with Crippen molar-refractivity contribution in [1.82, 2.24) is 10.0 Å². The van der Waals surface area contributed by atoms with Crippen LogP contribution in [0.4, 0.5) is 5.69 Å². The third-order valence-electron chi connectivity index (χ3n) is 5.26. The highest BCUT2D eigenvalue weighted by molar-refractivity contribution is 7.89. The second-order valence-electron chi connectivity index (χ2n) is 8.11. The average Bonchev–Trinajstić information content (AvgIpc) is 2.83. The van der Waals surface area contributed by atoms with Gasteiger partial charge in [0.1, 0.15) is 16.7 Å². The van der Waals surface area contributed by atoms with Gasteiger partial charge in [-0.3, -0.25) is 9.59 Å². The molecule has 0 heterocycles. The van der Waals surface area contributed by atoms with Crippen LogP contribution in [0.1, 0.15) is 23.6 Å². The fraction of sp³-hybridized carbons (Fsp3) is 0.231. The Balaban J connectivity index is 1.87. The Morgan fingerprint density at radius 2 is 1.63 bits per heavy atom. The van der Waals surface area contributed by atoms with Crippen molar-refractivity contribution in [3.05, 3.63) is 89.5 Å². The molecular formula is C26H29N3O5S. The first-order chi connectivity index (χ1) is 16.7. The van der Waals surface area contributed by atoms with E-state index in [-0.39, 0.29) is 29.5 Å². The first kappa shape index (κ1) is 25.9. The van der Waals surface area contributed by atoms with Crippen LogP contribution < -0.4 is 20.1 Å². The van der Waals surface area contributed by atoms with Crippen LogP contribution in [0.5, 0.6) is 5.75 Å². The molecular weight excluding hydrogens is 466 g/mol. The topological polar surface area (TPSA) is 114 Å². The fourth-order valence-corrected chi connectivity index (χ4v) is 4.86. The van der Waals surface area contributed by atoms with Gasteiger partial charge in [0, 0.05) is 19.2 Å². The summed E-state index contributed by atoms with van der Waals surface area (Å²) in [5.41, 5.74) is 3.09. The number of hydrogen-bond acceptors (Lipinski definition) is 5. The maximum atomic E-state index is 13.4. The van der Waals surface area contributed by atoms with E-state index in [1.807, 2.05) is 61.5 Å². The molecule has 8 nitrogen and oxygen atoms in total. The number of hydrogen-bond donors (Lipinski definition) is 3. The molecule has 0 aliphatic rings. The van der Waals surface area contributed by atoms with Crippen molar-refractivity contribution in [3.63, 3.8) is 0 Å². The number of sulfonamides is 1. The van der Waals surface area contributed by atoms with Gasteiger partial charge in [0.2, 0.25) is 21.8 Å². The lowest BCUT2D eigenvalue weighted by molar-refractivity contribution is -0.122. The van der Waals surface area contributed by atoms with Gasteiger partial charge in [0.05, 0.1) is 7.11 Å². The van der Waals surface area contributed by atoms with Crippen LogP contribution in [-0.4, -0.2) is 33.4 Å². The average molecular weight is 496 g/mol. The zero-order valence-corrected chi connectivity index (χ0v) is 20.7. The summed E-state index contributed by atoms with van der Waals surface area (Å²) in [7, 11) is -2.85. The number of methoxy groups -OCH3 is 1. The van der Waals surface area contributed by atoms with Crippen LogP contribution in [0.25, 0.3) is 0 Å². The molecule has 2 amide bonds. The zero-order valence-electron chi connectivity index (χ0n) is 19.9. The number of ether oxygens (including phenoxy) is 1. The molecule has 0 fully saturated rings. The summed E-state index contributed by atoms with van der Waals surface area (Å²) in [6.45, 7) is 3.56. The molecule has 0 aliphatic carbocycles. The Kier molecular flexibility index (Phi) is 8.62. The van der Waals surface area contributed by atoms with Gasteiger partial charge in [0.25, 0.3) is 0 Å². The Hall–Kier alpha value is -3.69. The number of carbonyl (C=O) groups excluding carboxylic acids is 2. The summed E-state index contributed by atoms with van der Waals surface area (Å²) in [6.07, 6.45) is 0.146. The first-order valence-electron chi connectivity index (χ1n) is 11.0. The maximum absolute atomic E-state index is 13.4. The number of benzene rings is 3. The molecule has 1 atom stereocenters. The molecule has 3 aromatic carbocycles. The largest absolute Gasteiger partial charge is 0.495 e. The van der Waals surface area contributed by atoms with Crippen LogP contribution in [0, 0.1) is 6.92 Å². The number of aryl methyl sites for hydroxylation is 1.